The van der Waals surface area contributed by atoms with E-state index in [1.54, 1.807) is 0 Å². The summed E-state index contributed by atoms with van der Waals surface area (Å²) in [5.41, 5.74) is 3.76. The first-order valence-electron chi connectivity index (χ1n) is 9.43. The highest BCUT2D eigenvalue weighted by Crippen LogP contribution is 2.25. The first kappa shape index (κ1) is 15.2. The van der Waals surface area contributed by atoms with Gasteiger partial charge in [-0.05, 0) is 87.2 Å². The minimum Gasteiger partial charge on any atom is -0.339 e. The molecule has 4 rings (SSSR count). The Morgan fingerprint density at radius 3 is 2.48 bits per heavy atom. The van der Waals surface area contributed by atoms with Crippen LogP contribution < -0.4 is 0 Å². The number of amides is 1. The van der Waals surface area contributed by atoms with E-state index >= 15 is 0 Å². The summed E-state index contributed by atoms with van der Waals surface area (Å²) in [5, 5.41) is 0. The molecule has 0 N–H and O–H groups in total. The molecule has 2 fully saturated rings. The molecule has 2 aliphatic heterocycles. The third-order valence-electron chi connectivity index (χ3n) is 5.96. The third kappa shape index (κ3) is 3.30. The molecule has 0 unspecified atom stereocenters. The van der Waals surface area contributed by atoms with Crippen LogP contribution in [0.1, 0.15) is 53.6 Å². The first-order valence-corrected chi connectivity index (χ1v) is 9.43. The molecule has 1 aliphatic carbocycles. The summed E-state index contributed by atoms with van der Waals surface area (Å²) in [5.74, 6) is 1.04. The van der Waals surface area contributed by atoms with Crippen LogP contribution >= 0.6 is 0 Å². The number of aryl methyl sites for hydroxylation is 2. The van der Waals surface area contributed by atoms with Crippen LogP contribution in [0.5, 0.6) is 0 Å². The van der Waals surface area contributed by atoms with Gasteiger partial charge in [0.05, 0.1) is 0 Å². The highest BCUT2D eigenvalue weighted by molar-refractivity contribution is 5.94. The van der Waals surface area contributed by atoms with E-state index in [1.165, 1.54) is 69.3 Å². The van der Waals surface area contributed by atoms with Crippen LogP contribution in [-0.4, -0.2) is 48.4 Å². The van der Waals surface area contributed by atoms with Crippen molar-refractivity contribution in [1.82, 2.24) is 9.80 Å². The standard InChI is InChI=1S/C20H28N2O/c23-20(19-7-6-17-4-3-5-18(17)14-19)22-12-8-16(9-13-22)15-21-10-1-2-11-21/h6-7,14,16H,1-5,8-13,15H2. The second-order valence-corrected chi connectivity index (χ2v) is 7.58. The Bertz CT molecular complexity index is 569. The maximum absolute atomic E-state index is 12.8. The van der Waals surface area contributed by atoms with Crippen molar-refractivity contribution in [2.45, 2.75) is 44.9 Å². The van der Waals surface area contributed by atoms with E-state index in [9.17, 15) is 4.79 Å². The van der Waals surface area contributed by atoms with E-state index in [0.29, 0.717) is 0 Å². The van der Waals surface area contributed by atoms with E-state index in [2.05, 4.69) is 21.9 Å². The Labute approximate surface area is 139 Å². The van der Waals surface area contributed by atoms with Crippen molar-refractivity contribution in [3.63, 3.8) is 0 Å². The van der Waals surface area contributed by atoms with Gasteiger partial charge in [-0.25, -0.2) is 0 Å². The van der Waals surface area contributed by atoms with Crippen LogP contribution in [0.2, 0.25) is 0 Å². The molecule has 0 saturated carbocycles. The number of hydrogen-bond acceptors (Lipinski definition) is 2. The molecule has 124 valence electrons. The number of piperidine rings is 1. The lowest BCUT2D eigenvalue weighted by Gasteiger charge is -2.34. The normalized spacial score (nSPS) is 22.5. The molecule has 2 saturated heterocycles. The molecule has 1 aromatic rings. The number of hydrogen-bond donors (Lipinski definition) is 0. The Balaban J connectivity index is 1.33. The largest absolute Gasteiger partial charge is 0.339 e. The molecule has 3 heteroatoms. The van der Waals surface area contributed by atoms with Crippen molar-refractivity contribution in [3.8, 4) is 0 Å². The second-order valence-electron chi connectivity index (χ2n) is 7.58. The summed E-state index contributed by atoms with van der Waals surface area (Å²) >= 11 is 0. The van der Waals surface area contributed by atoms with Gasteiger partial charge >= 0.3 is 0 Å². The number of carbonyl (C=O) groups excluding carboxylic acids is 1. The zero-order chi connectivity index (χ0) is 15.6. The molecule has 23 heavy (non-hydrogen) atoms. The molecular weight excluding hydrogens is 284 g/mol. The van der Waals surface area contributed by atoms with Crippen molar-refractivity contribution in [1.29, 1.82) is 0 Å². The van der Waals surface area contributed by atoms with Crippen LogP contribution in [0.25, 0.3) is 0 Å². The summed E-state index contributed by atoms with van der Waals surface area (Å²) in [6, 6.07) is 6.37. The molecule has 1 aromatic carbocycles. The van der Waals surface area contributed by atoms with Crippen molar-refractivity contribution < 1.29 is 4.79 Å². The summed E-state index contributed by atoms with van der Waals surface area (Å²) in [6.07, 6.45) is 8.67. The fraction of sp³-hybridized carbons (Fsp3) is 0.650. The molecule has 0 spiro atoms. The Hall–Kier alpha value is -1.35. The monoisotopic (exact) mass is 312 g/mol. The maximum Gasteiger partial charge on any atom is 0.253 e. The smallest absolute Gasteiger partial charge is 0.253 e. The molecule has 0 radical (unpaired) electrons. The third-order valence-corrected chi connectivity index (χ3v) is 5.96. The van der Waals surface area contributed by atoms with Crippen LogP contribution in [0, 0.1) is 5.92 Å². The van der Waals surface area contributed by atoms with Gasteiger partial charge in [0.15, 0.2) is 0 Å². The van der Waals surface area contributed by atoms with Gasteiger partial charge in [0.2, 0.25) is 0 Å². The average Bonchev–Trinajstić information content (AvgIpc) is 3.25. The van der Waals surface area contributed by atoms with Gasteiger partial charge in [-0.2, -0.15) is 0 Å². The summed E-state index contributed by atoms with van der Waals surface area (Å²) < 4.78 is 0. The van der Waals surface area contributed by atoms with E-state index in [-0.39, 0.29) is 5.91 Å². The van der Waals surface area contributed by atoms with Crippen molar-refractivity contribution in [2.75, 3.05) is 32.7 Å². The lowest BCUT2D eigenvalue weighted by Crippen LogP contribution is -2.41. The summed E-state index contributed by atoms with van der Waals surface area (Å²) in [4.78, 5) is 17.5. The van der Waals surface area contributed by atoms with Crippen LogP contribution in [0.3, 0.4) is 0 Å². The molecule has 0 atom stereocenters. The van der Waals surface area contributed by atoms with Crippen LogP contribution in [-0.2, 0) is 12.8 Å². The quantitative estimate of drug-likeness (QED) is 0.856. The number of rotatable bonds is 3. The molecule has 3 nitrogen and oxygen atoms in total. The van der Waals surface area contributed by atoms with Gasteiger partial charge in [-0.15, -0.1) is 0 Å². The highest BCUT2D eigenvalue weighted by Gasteiger charge is 2.26. The second kappa shape index (κ2) is 6.64. The SMILES string of the molecule is O=C(c1ccc2c(c1)CCC2)N1CCC(CN2CCCC2)CC1. The van der Waals surface area contributed by atoms with Gasteiger partial charge in [0.1, 0.15) is 0 Å². The van der Waals surface area contributed by atoms with Crippen molar-refractivity contribution in [2.24, 2.45) is 5.92 Å². The topological polar surface area (TPSA) is 23.6 Å². The fourth-order valence-electron chi connectivity index (χ4n) is 4.54. The van der Waals surface area contributed by atoms with Gasteiger partial charge in [-0.1, -0.05) is 6.07 Å². The number of carbonyl (C=O) groups is 1. The van der Waals surface area contributed by atoms with E-state index in [1.807, 2.05) is 6.07 Å². The molecule has 1 amide bonds. The first-order chi connectivity index (χ1) is 11.3. The van der Waals surface area contributed by atoms with Crippen molar-refractivity contribution >= 4 is 5.91 Å². The lowest BCUT2D eigenvalue weighted by molar-refractivity contribution is 0.0673. The maximum atomic E-state index is 12.8. The lowest BCUT2D eigenvalue weighted by atomic mass is 9.95. The molecule has 0 bridgehead atoms. The number of fused-ring (bicyclic) bond motifs is 1. The molecule has 2 heterocycles. The predicted octanol–water partition coefficient (Wildman–Crippen LogP) is 3.12. The van der Waals surface area contributed by atoms with Gasteiger partial charge in [0.25, 0.3) is 5.91 Å². The minimum absolute atomic E-state index is 0.249. The number of likely N-dealkylation sites (tertiary alicyclic amines) is 2. The van der Waals surface area contributed by atoms with Crippen LogP contribution in [0.4, 0.5) is 0 Å². The Kier molecular flexibility index (Phi) is 4.39. The van der Waals surface area contributed by atoms with Crippen molar-refractivity contribution in [3.05, 3.63) is 34.9 Å². The van der Waals surface area contributed by atoms with Gasteiger partial charge in [-0.3, -0.25) is 4.79 Å². The minimum atomic E-state index is 0.249. The zero-order valence-electron chi connectivity index (χ0n) is 14.1. The van der Waals surface area contributed by atoms with Gasteiger partial charge < -0.3 is 9.80 Å². The number of benzene rings is 1. The van der Waals surface area contributed by atoms with E-state index in [0.717, 1.165) is 31.0 Å². The van der Waals surface area contributed by atoms with E-state index < -0.39 is 0 Å². The molecule has 3 aliphatic rings. The zero-order valence-corrected chi connectivity index (χ0v) is 14.1. The van der Waals surface area contributed by atoms with Crippen LogP contribution in [0.15, 0.2) is 18.2 Å². The Morgan fingerprint density at radius 1 is 0.957 bits per heavy atom. The predicted molar refractivity (Wildman–Crippen MR) is 92.8 cm³/mol. The Morgan fingerprint density at radius 2 is 1.70 bits per heavy atom. The fourth-order valence-corrected chi connectivity index (χ4v) is 4.54. The molecular formula is C20H28N2O. The summed E-state index contributed by atoms with van der Waals surface area (Å²) in [6.45, 7) is 5.70. The van der Waals surface area contributed by atoms with Gasteiger partial charge in [0, 0.05) is 25.2 Å². The highest BCUT2D eigenvalue weighted by atomic mass is 16.2. The molecule has 0 aromatic heterocycles. The van der Waals surface area contributed by atoms with E-state index in [4.69, 9.17) is 0 Å². The summed E-state index contributed by atoms with van der Waals surface area (Å²) in [7, 11) is 0. The average molecular weight is 312 g/mol. The number of nitrogens with zero attached hydrogens (tertiary/aromatic N) is 2.